The molecule has 1 aliphatic heterocycles. The van der Waals surface area contributed by atoms with Gasteiger partial charge in [0.25, 0.3) is 11.5 Å². The van der Waals surface area contributed by atoms with E-state index in [9.17, 15) is 18.0 Å². The van der Waals surface area contributed by atoms with Crippen molar-refractivity contribution >= 4 is 26.6 Å². The van der Waals surface area contributed by atoms with Gasteiger partial charge in [-0.15, -0.1) is 0 Å². The predicted molar refractivity (Wildman–Crippen MR) is 160 cm³/mol. The number of ether oxygens (including phenoxy) is 1. The van der Waals surface area contributed by atoms with Gasteiger partial charge in [0, 0.05) is 42.8 Å². The average molecular weight is 580 g/mol. The van der Waals surface area contributed by atoms with E-state index in [1.165, 1.54) is 31.5 Å². The minimum atomic E-state index is -3.50. The molecule has 4 aromatic rings. The highest BCUT2D eigenvalue weighted by Gasteiger charge is 2.16. The van der Waals surface area contributed by atoms with E-state index in [1.54, 1.807) is 38.4 Å². The summed E-state index contributed by atoms with van der Waals surface area (Å²) in [6.45, 7) is 7.73. The summed E-state index contributed by atoms with van der Waals surface area (Å²) in [7, 11) is -3.50. The number of carbonyl (C=O) groups excluding carboxylic acids is 1. The molecule has 1 aliphatic rings. The summed E-state index contributed by atoms with van der Waals surface area (Å²) in [5, 5.41) is 3.56. The van der Waals surface area contributed by atoms with Crippen LogP contribution in [-0.2, 0) is 21.1 Å². The van der Waals surface area contributed by atoms with Crippen molar-refractivity contribution in [1.29, 1.82) is 0 Å². The van der Waals surface area contributed by atoms with Crippen LogP contribution in [0.5, 0.6) is 0 Å². The summed E-state index contributed by atoms with van der Waals surface area (Å²) in [4.78, 5) is 39.9. The number of sulfone groups is 1. The highest BCUT2D eigenvalue weighted by Crippen LogP contribution is 2.21. The number of hydrogen-bond acceptors (Lipinski definition) is 8. The molecule has 0 aromatic carbocycles. The molecule has 0 unspecified atom stereocenters. The largest absolute Gasteiger partial charge is 0.376 e. The van der Waals surface area contributed by atoms with Crippen molar-refractivity contribution in [2.45, 2.75) is 70.6 Å². The predicted octanol–water partition coefficient (Wildman–Crippen LogP) is 4.54. The molecule has 0 aliphatic carbocycles. The van der Waals surface area contributed by atoms with Crippen LogP contribution in [0, 0.1) is 13.8 Å². The molecule has 1 fully saturated rings. The zero-order valence-corrected chi connectivity index (χ0v) is 24.7. The highest BCUT2D eigenvalue weighted by atomic mass is 32.2. The van der Waals surface area contributed by atoms with E-state index < -0.39 is 15.7 Å². The van der Waals surface area contributed by atoms with Crippen LogP contribution < -0.4 is 10.9 Å². The van der Waals surface area contributed by atoms with Gasteiger partial charge in [0.1, 0.15) is 0 Å². The molecule has 2 atom stereocenters. The summed E-state index contributed by atoms with van der Waals surface area (Å²) in [6.07, 6.45) is 10.6. The summed E-state index contributed by atoms with van der Waals surface area (Å²) < 4.78 is 29.3. The van der Waals surface area contributed by atoms with E-state index in [0.717, 1.165) is 17.2 Å². The Balaban J connectivity index is 0.000000466. The van der Waals surface area contributed by atoms with E-state index >= 15 is 0 Å². The van der Waals surface area contributed by atoms with Gasteiger partial charge in [-0.3, -0.25) is 19.6 Å². The maximum atomic E-state index is 12.6. The van der Waals surface area contributed by atoms with Gasteiger partial charge >= 0.3 is 0 Å². The fraction of sp³-hybridized carbons (Fsp3) is 0.367. The normalized spacial score (nSPS) is 17.0. The number of hydrogen-bond donors (Lipinski definition) is 2. The Kier molecular flexibility index (Phi) is 9.29. The van der Waals surface area contributed by atoms with Gasteiger partial charge in [-0.05, 0) is 77.3 Å². The van der Waals surface area contributed by atoms with Crippen molar-refractivity contribution in [3.8, 4) is 11.3 Å². The van der Waals surface area contributed by atoms with Crippen molar-refractivity contribution in [3.63, 3.8) is 0 Å². The Morgan fingerprint density at radius 3 is 2.46 bits per heavy atom. The zero-order chi connectivity index (χ0) is 29.7. The van der Waals surface area contributed by atoms with E-state index in [1.807, 2.05) is 12.1 Å². The Morgan fingerprint density at radius 1 is 1.10 bits per heavy atom. The SMILES string of the molecule is C[C@@H]1CCC[C@H](C)O1.Cc1ncc(C(=O)NCc2cc3nc(-c4c[nH]c(=O)c(C)c4)ccc3cn2)cc1S(C)(=O)=O.[HH]. The van der Waals surface area contributed by atoms with Gasteiger partial charge in [-0.1, -0.05) is 0 Å². The molecule has 5 rings (SSSR count). The third kappa shape index (κ3) is 7.83. The molecule has 41 heavy (non-hydrogen) atoms. The van der Waals surface area contributed by atoms with Crippen molar-refractivity contribution < 1.29 is 19.4 Å². The van der Waals surface area contributed by atoms with Crippen molar-refractivity contribution in [1.82, 2.24) is 25.3 Å². The van der Waals surface area contributed by atoms with Crippen LogP contribution >= 0.6 is 0 Å². The number of aromatic amines is 1. The highest BCUT2D eigenvalue weighted by molar-refractivity contribution is 7.90. The number of fused-ring (bicyclic) bond motifs is 1. The molecule has 4 aromatic heterocycles. The Hall–Kier alpha value is -3.96. The summed E-state index contributed by atoms with van der Waals surface area (Å²) in [5.74, 6) is -0.459. The maximum Gasteiger partial charge on any atom is 0.253 e. The number of pyridine rings is 4. The van der Waals surface area contributed by atoms with Gasteiger partial charge in [-0.25, -0.2) is 13.4 Å². The van der Waals surface area contributed by atoms with E-state index in [-0.39, 0.29) is 24.0 Å². The van der Waals surface area contributed by atoms with Crippen LogP contribution in [0.15, 0.2) is 58.6 Å². The van der Waals surface area contributed by atoms with Crippen molar-refractivity contribution in [2.24, 2.45) is 0 Å². The third-order valence-electron chi connectivity index (χ3n) is 6.83. The molecule has 0 saturated carbocycles. The summed E-state index contributed by atoms with van der Waals surface area (Å²) >= 11 is 0. The van der Waals surface area contributed by atoms with Gasteiger partial charge < -0.3 is 15.0 Å². The second-order valence-corrected chi connectivity index (χ2v) is 12.4. The van der Waals surface area contributed by atoms with Crippen LogP contribution in [0.3, 0.4) is 0 Å². The fourth-order valence-corrected chi connectivity index (χ4v) is 5.50. The number of nitrogens with one attached hydrogen (secondary N) is 2. The molecule has 11 heteroatoms. The van der Waals surface area contributed by atoms with Crippen LogP contribution in [-0.4, -0.2) is 52.7 Å². The quantitative estimate of drug-likeness (QED) is 0.351. The Labute approximate surface area is 241 Å². The number of aromatic nitrogens is 4. The van der Waals surface area contributed by atoms with Crippen LogP contribution in [0.1, 0.15) is 61.8 Å². The molecule has 10 nitrogen and oxygen atoms in total. The molecule has 218 valence electrons. The first-order valence-electron chi connectivity index (χ1n) is 13.5. The maximum absolute atomic E-state index is 12.6. The average Bonchev–Trinajstić information content (AvgIpc) is 2.92. The number of amides is 1. The minimum Gasteiger partial charge on any atom is -0.376 e. The van der Waals surface area contributed by atoms with Crippen LogP contribution in [0.25, 0.3) is 22.2 Å². The van der Waals surface area contributed by atoms with Crippen LogP contribution in [0.4, 0.5) is 0 Å². The lowest BCUT2D eigenvalue weighted by molar-refractivity contribution is -0.0292. The monoisotopic (exact) mass is 579 g/mol. The summed E-state index contributed by atoms with van der Waals surface area (Å²) in [6, 6.07) is 8.60. The molecule has 0 radical (unpaired) electrons. The summed E-state index contributed by atoms with van der Waals surface area (Å²) in [5.41, 5.74) is 3.69. The molecular formula is C30H37N5O5S. The van der Waals surface area contributed by atoms with Gasteiger partial charge in [0.15, 0.2) is 9.84 Å². The molecule has 0 spiro atoms. The number of carbonyl (C=O) groups is 1. The first-order chi connectivity index (χ1) is 19.4. The lowest BCUT2D eigenvalue weighted by atomic mass is 10.1. The number of H-pyrrole nitrogens is 1. The van der Waals surface area contributed by atoms with Crippen molar-refractivity contribution in [3.05, 3.63) is 81.8 Å². The topological polar surface area (TPSA) is 144 Å². The standard InChI is InChI=1S/C23H21N5O4S.C7H14O.H2/c1-13-6-16(10-26-22(13)29)19-5-4-15-9-25-18(8-20(15)28-19)12-27-23(30)17-7-21(33(3,31)32)14(2)24-11-17;1-6-4-3-5-7(2)8-6;/h4-11H,12H2,1-3H3,(H,26,29)(H,27,30);6-7H,3-5H2,1-2H3;1H/t;6-,7+;. The van der Waals surface area contributed by atoms with Crippen LogP contribution in [0.2, 0.25) is 0 Å². The van der Waals surface area contributed by atoms with Gasteiger partial charge in [0.05, 0.1) is 51.8 Å². The Morgan fingerprint density at radius 2 is 1.83 bits per heavy atom. The van der Waals surface area contributed by atoms with E-state index in [2.05, 4.69) is 39.1 Å². The first kappa shape index (κ1) is 30.0. The molecule has 2 N–H and O–H groups in total. The smallest absolute Gasteiger partial charge is 0.253 e. The third-order valence-corrected chi connectivity index (χ3v) is 8.05. The minimum absolute atomic E-state index is 0. The lowest BCUT2D eigenvalue weighted by Gasteiger charge is -2.24. The van der Waals surface area contributed by atoms with Crippen molar-refractivity contribution in [2.75, 3.05) is 6.26 Å². The molecule has 1 saturated heterocycles. The lowest BCUT2D eigenvalue weighted by Crippen LogP contribution is -2.24. The number of aryl methyl sites for hydroxylation is 2. The molecule has 0 bridgehead atoms. The van der Waals surface area contributed by atoms with E-state index in [0.29, 0.717) is 40.4 Å². The number of rotatable bonds is 5. The number of nitrogens with zero attached hydrogens (tertiary/aromatic N) is 3. The van der Waals surface area contributed by atoms with Gasteiger partial charge in [0.2, 0.25) is 0 Å². The fourth-order valence-electron chi connectivity index (χ4n) is 4.57. The van der Waals surface area contributed by atoms with E-state index in [4.69, 9.17) is 4.74 Å². The zero-order valence-electron chi connectivity index (χ0n) is 23.9. The Bertz CT molecular complexity index is 1730. The second kappa shape index (κ2) is 12.7. The second-order valence-electron chi connectivity index (χ2n) is 10.4. The molecule has 1 amide bonds. The van der Waals surface area contributed by atoms with Gasteiger partial charge in [-0.2, -0.15) is 0 Å². The first-order valence-corrected chi connectivity index (χ1v) is 15.4. The molecule has 5 heterocycles. The molecular weight excluding hydrogens is 542 g/mol.